The van der Waals surface area contributed by atoms with Gasteiger partial charge in [0.05, 0.1) is 0 Å². The molecular formula is C13H27N. The largest absolute Gasteiger partial charge is 0.313 e. The van der Waals surface area contributed by atoms with E-state index in [1.54, 1.807) is 0 Å². The maximum Gasteiger partial charge on any atom is 0.0121 e. The van der Waals surface area contributed by atoms with Crippen LogP contribution >= 0.6 is 0 Å². The van der Waals surface area contributed by atoms with Crippen LogP contribution in [0.5, 0.6) is 0 Å². The highest BCUT2D eigenvalue weighted by Gasteiger charge is 2.32. The molecule has 1 unspecified atom stereocenters. The van der Waals surface area contributed by atoms with Gasteiger partial charge in [-0.3, -0.25) is 0 Å². The van der Waals surface area contributed by atoms with Gasteiger partial charge in [-0.25, -0.2) is 0 Å². The Hall–Kier alpha value is -0.0400. The molecule has 1 heterocycles. The second-order valence-corrected chi connectivity index (χ2v) is 5.16. The van der Waals surface area contributed by atoms with Gasteiger partial charge >= 0.3 is 0 Å². The molecule has 0 aliphatic carbocycles. The van der Waals surface area contributed by atoms with E-state index in [2.05, 4.69) is 26.1 Å². The van der Waals surface area contributed by atoms with Gasteiger partial charge in [-0.15, -0.1) is 0 Å². The molecule has 1 rings (SSSR count). The minimum Gasteiger partial charge on any atom is -0.313 e. The maximum absolute atomic E-state index is 3.73. The van der Waals surface area contributed by atoms with E-state index in [0.29, 0.717) is 5.41 Å². The first kappa shape index (κ1) is 12.0. The molecule has 1 nitrogen and oxygen atoms in total. The third-order valence-electron chi connectivity index (χ3n) is 3.79. The van der Waals surface area contributed by atoms with E-state index >= 15 is 0 Å². The first-order valence-corrected chi connectivity index (χ1v) is 6.46. The number of piperidine rings is 1. The van der Waals surface area contributed by atoms with Gasteiger partial charge in [-0.2, -0.15) is 0 Å². The summed E-state index contributed by atoms with van der Waals surface area (Å²) in [5.41, 5.74) is 0.559. The Morgan fingerprint density at radius 3 is 2.21 bits per heavy atom. The van der Waals surface area contributed by atoms with Crippen molar-refractivity contribution < 1.29 is 0 Å². The summed E-state index contributed by atoms with van der Waals surface area (Å²) in [6.45, 7) is 8.37. The van der Waals surface area contributed by atoms with Crippen LogP contribution in [-0.4, -0.2) is 12.6 Å². The van der Waals surface area contributed by atoms with E-state index in [9.17, 15) is 0 Å². The van der Waals surface area contributed by atoms with Crippen LogP contribution in [0.3, 0.4) is 0 Å². The molecule has 0 aromatic carbocycles. The molecule has 1 aliphatic rings. The predicted octanol–water partition coefficient (Wildman–Crippen LogP) is 3.74. The van der Waals surface area contributed by atoms with E-state index < -0.39 is 0 Å². The predicted molar refractivity (Wildman–Crippen MR) is 63.6 cm³/mol. The lowest BCUT2D eigenvalue weighted by Gasteiger charge is -2.40. The molecule has 1 N–H and O–H groups in total. The summed E-state index contributed by atoms with van der Waals surface area (Å²) in [4.78, 5) is 0. The average Bonchev–Trinajstić information content (AvgIpc) is 2.20. The second kappa shape index (κ2) is 5.75. The standard InChI is InChI=1S/C13H27N/c1-4-9-13(3,10-5-2)12-8-6-7-11-14-12/h12,14H,4-11H2,1-3H3. The third kappa shape index (κ3) is 2.98. The van der Waals surface area contributed by atoms with Gasteiger partial charge in [0.15, 0.2) is 0 Å². The molecule has 1 fully saturated rings. The molecule has 1 heteroatoms. The molecule has 0 amide bonds. The summed E-state index contributed by atoms with van der Waals surface area (Å²) in [6.07, 6.45) is 9.64. The van der Waals surface area contributed by atoms with Crippen LogP contribution in [0, 0.1) is 5.41 Å². The average molecular weight is 197 g/mol. The molecule has 0 saturated carbocycles. The Balaban J connectivity index is 2.54. The Morgan fingerprint density at radius 2 is 1.79 bits per heavy atom. The first-order valence-electron chi connectivity index (χ1n) is 6.46. The van der Waals surface area contributed by atoms with E-state index in [4.69, 9.17) is 0 Å². The van der Waals surface area contributed by atoms with Crippen LogP contribution in [0.1, 0.15) is 65.7 Å². The zero-order valence-corrected chi connectivity index (χ0v) is 10.2. The Labute approximate surface area is 89.7 Å². The Morgan fingerprint density at radius 1 is 1.14 bits per heavy atom. The summed E-state index contributed by atoms with van der Waals surface area (Å²) in [5, 5.41) is 3.73. The number of rotatable bonds is 5. The lowest BCUT2D eigenvalue weighted by molar-refractivity contribution is 0.151. The summed E-state index contributed by atoms with van der Waals surface area (Å²) >= 11 is 0. The van der Waals surface area contributed by atoms with Crippen molar-refractivity contribution in [1.82, 2.24) is 5.32 Å². The summed E-state index contributed by atoms with van der Waals surface area (Å²) in [6, 6.07) is 0.788. The van der Waals surface area contributed by atoms with E-state index in [1.165, 1.54) is 51.5 Å². The fourth-order valence-corrected chi connectivity index (χ4v) is 3.06. The van der Waals surface area contributed by atoms with Crippen molar-refractivity contribution in [3.63, 3.8) is 0 Å². The van der Waals surface area contributed by atoms with Crippen molar-refractivity contribution in [2.24, 2.45) is 5.41 Å². The molecule has 1 saturated heterocycles. The molecular weight excluding hydrogens is 170 g/mol. The Kier molecular flexibility index (Phi) is 4.94. The number of nitrogens with one attached hydrogen (secondary N) is 1. The van der Waals surface area contributed by atoms with Crippen molar-refractivity contribution in [2.75, 3.05) is 6.54 Å². The van der Waals surface area contributed by atoms with E-state index in [1.807, 2.05) is 0 Å². The van der Waals surface area contributed by atoms with Crippen molar-refractivity contribution in [1.29, 1.82) is 0 Å². The van der Waals surface area contributed by atoms with Crippen LogP contribution in [0.25, 0.3) is 0 Å². The van der Waals surface area contributed by atoms with Crippen LogP contribution in [-0.2, 0) is 0 Å². The fraction of sp³-hybridized carbons (Fsp3) is 1.00. The monoisotopic (exact) mass is 197 g/mol. The number of hydrogen-bond acceptors (Lipinski definition) is 1. The van der Waals surface area contributed by atoms with Gasteiger partial charge in [-0.05, 0) is 37.6 Å². The zero-order chi connectivity index (χ0) is 10.4. The van der Waals surface area contributed by atoms with Gasteiger partial charge < -0.3 is 5.32 Å². The van der Waals surface area contributed by atoms with Crippen molar-refractivity contribution in [2.45, 2.75) is 71.8 Å². The lowest BCUT2D eigenvalue weighted by Crippen LogP contribution is -2.46. The Bertz CT molecular complexity index is 141. The van der Waals surface area contributed by atoms with Crippen LogP contribution < -0.4 is 5.32 Å². The minimum atomic E-state index is 0.559. The van der Waals surface area contributed by atoms with Crippen LogP contribution in [0.4, 0.5) is 0 Å². The van der Waals surface area contributed by atoms with E-state index in [-0.39, 0.29) is 0 Å². The van der Waals surface area contributed by atoms with Gasteiger partial charge in [0.25, 0.3) is 0 Å². The van der Waals surface area contributed by atoms with E-state index in [0.717, 1.165) is 6.04 Å². The third-order valence-corrected chi connectivity index (χ3v) is 3.79. The molecule has 0 radical (unpaired) electrons. The van der Waals surface area contributed by atoms with Gasteiger partial charge in [0.2, 0.25) is 0 Å². The second-order valence-electron chi connectivity index (χ2n) is 5.16. The summed E-state index contributed by atoms with van der Waals surface area (Å²) in [5.74, 6) is 0. The smallest absolute Gasteiger partial charge is 0.0121 e. The summed E-state index contributed by atoms with van der Waals surface area (Å²) < 4.78 is 0. The molecule has 0 aromatic rings. The highest BCUT2D eigenvalue weighted by molar-refractivity contribution is 4.89. The minimum absolute atomic E-state index is 0.559. The normalized spacial score (nSPS) is 23.8. The molecule has 84 valence electrons. The van der Waals surface area contributed by atoms with Gasteiger partial charge in [0.1, 0.15) is 0 Å². The summed E-state index contributed by atoms with van der Waals surface area (Å²) in [7, 11) is 0. The first-order chi connectivity index (χ1) is 6.73. The highest BCUT2D eigenvalue weighted by Crippen LogP contribution is 2.36. The van der Waals surface area contributed by atoms with Crippen molar-refractivity contribution in [3.8, 4) is 0 Å². The fourth-order valence-electron chi connectivity index (χ4n) is 3.06. The lowest BCUT2D eigenvalue weighted by atomic mass is 9.72. The van der Waals surface area contributed by atoms with Crippen LogP contribution in [0.2, 0.25) is 0 Å². The van der Waals surface area contributed by atoms with Crippen molar-refractivity contribution >= 4 is 0 Å². The molecule has 1 aliphatic heterocycles. The SMILES string of the molecule is CCCC(C)(CCC)C1CCCCN1. The maximum atomic E-state index is 3.73. The van der Waals surface area contributed by atoms with Gasteiger partial charge in [-0.1, -0.05) is 40.0 Å². The molecule has 1 atom stereocenters. The molecule has 0 bridgehead atoms. The molecule has 0 aromatic heterocycles. The zero-order valence-electron chi connectivity index (χ0n) is 10.2. The van der Waals surface area contributed by atoms with Crippen molar-refractivity contribution in [3.05, 3.63) is 0 Å². The number of hydrogen-bond donors (Lipinski definition) is 1. The highest BCUT2D eigenvalue weighted by atomic mass is 14.9. The molecule has 0 spiro atoms. The topological polar surface area (TPSA) is 12.0 Å². The molecule has 14 heavy (non-hydrogen) atoms. The van der Waals surface area contributed by atoms with Crippen LogP contribution in [0.15, 0.2) is 0 Å². The van der Waals surface area contributed by atoms with Gasteiger partial charge in [0, 0.05) is 6.04 Å². The quantitative estimate of drug-likeness (QED) is 0.708.